The molecule has 1 aromatic carbocycles. The van der Waals surface area contributed by atoms with Gasteiger partial charge in [-0.15, -0.1) is 0 Å². The second-order valence-electron chi connectivity index (χ2n) is 6.31. The van der Waals surface area contributed by atoms with Crippen molar-refractivity contribution in [3.8, 4) is 0 Å². The van der Waals surface area contributed by atoms with Gasteiger partial charge in [-0.3, -0.25) is 9.69 Å². The lowest BCUT2D eigenvalue weighted by atomic mass is 10.0. The number of rotatable bonds is 4. The SMILES string of the molecule is CCc1ccccc1C(=O)N1CCN(C(C)(C)CN)CC1. The molecule has 1 saturated heterocycles. The average Bonchev–Trinajstić information content (AvgIpc) is 2.54. The van der Waals surface area contributed by atoms with Crippen molar-refractivity contribution in [2.24, 2.45) is 5.73 Å². The molecule has 2 rings (SSSR count). The molecular formula is C17H27N3O. The van der Waals surface area contributed by atoms with E-state index in [-0.39, 0.29) is 11.4 Å². The topological polar surface area (TPSA) is 49.6 Å². The molecule has 0 atom stereocenters. The summed E-state index contributed by atoms with van der Waals surface area (Å²) in [6.07, 6.45) is 0.891. The molecule has 1 aromatic rings. The standard InChI is InChI=1S/C17H27N3O/c1-4-14-7-5-6-8-15(14)16(21)19-9-11-20(12-10-19)17(2,3)13-18/h5-8H,4,9-13,18H2,1-3H3. The summed E-state index contributed by atoms with van der Waals surface area (Å²) < 4.78 is 0. The molecule has 0 saturated carbocycles. The highest BCUT2D eigenvalue weighted by atomic mass is 16.2. The first kappa shape index (κ1) is 16.0. The number of hydrogen-bond acceptors (Lipinski definition) is 3. The van der Waals surface area contributed by atoms with Gasteiger partial charge in [0.15, 0.2) is 0 Å². The Morgan fingerprint density at radius 2 is 1.81 bits per heavy atom. The van der Waals surface area contributed by atoms with Crippen molar-refractivity contribution < 1.29 is 4.79 Å². The van der Waals surface area contributed by atoms with E-state index in [1.165, 1.54) is 0 Å². The molecule has 0 bridgehead atoms. The van der Waals surface area contributed by atoms with Crippen LogP contribution in [0.2, 0.25) is 0 Å². The zero-order chi connectivity index (χ0) is 15.5. The first-order valence-corrected chi connectivity index (χ1v) is 7.82. The number of piperazine rings is 1. The van der Waals surface area contributed by atoms with Crippen LogP contribution < -0.4 is 5.73 Å². The number of nitrogens with zero attached hydrogens (tertiary/aromatic N) is 2. The summed E-state index contributed by atoms with van der Waals surface area (Å²) in [5.74, 6) is 0.164. The normalized spacial score (nSPS) is 17.0. The molecule has 116 valence electrons. The van der Waals surface area contributed by atoms with E-state index in [0.29, 0.717) is 6.54 Å². The maximum absolute atomic E-state index is 12.7. The minimum Gasteiger partial charge on any atom is -0.336 e. The van der Waals surface area contributed by atoms with Crippen LogP contribution in [-0.2, 0) is 6.42 Å². The Labute approximate surface area is 127 Å². The Morgan fingerprint density at radius 1 is 1.19 bits per heavy atom. The largest absolute Gasteiger partial charge is 0.336 e. The molecule has 1 fully saturated rings. The molecule has 2 N–H and O–H groups in total. The summed E-state index contributed by atoms with van der Waals surface area (Å²) in [4.78, 5) is 17.0. The third-order valence-corrected chi connectivity index (χ3v) is 4.55. The molecule has 0 aromatic heterocycles. The van der Waals surface area contributed by atoms with Crippen LogP contribution in [0.4, 0.5) is 0 Å². The predicted octanol–water partition coefficient (Wildman–Crippen LogP) is 1.74. The average molecular weight is 289 g/mol. The molecule has 0 aliphatic carbocycles. The number of nitrogens with two attached hydrogens (primary N) is 1. The number of amides is 1. The van der Waals surface area contributed by atoms with Crippen molar-refractivity contribution in [1.82, 2.24) is 9.80 Å². The molecule has 0 radical (unpaired) electrons. The van der Waals surface area contributed by atoms with E-state index in [9.17, 15) is 4.79 Å². The quantitative estimate of drug-likeness (QED) is 0.918. The summed E-state index contributed by atoms with van der Waals surface area (Å²) in [6.45, 7) is 10.4. The Hall–Kier alpha value is -1.39. The van der Waals surface area contributed by atoms with Crippen LogP contribution in [0.15, 0.2) is 24.3 Å². The first-order valence-electron chi connectivity index (χ1n) is 7.82. The maximum Gasteiger partial charge on any atom is 0.254 e. The lowest BCUT2D eigenvalue weighted by Gasteiger charge is -2.43. The summed E-state index contributed by atoms with van der Waals surface area (Å²) in [5, 5.41) is 0. The molecular weight excluding hydrogens is 262 g/mol. The van der Waals surface area contributed by atoms with Gasteiger partial charge in [0.05, 0.1) is 0 Å². The van der Waals surface area contributed by atoms with Gasteiger partial charge in [0.2, 0.25) is 0 Å². The highest BCUT2D eigenvalue weighted by Crippen LogP contribution is 2.18. The Morgan fingerprint density at radius 3 is 2.38 bits per heavy atom. The second kappa shape index (κ2) is 6.58. The van der Waals surface area contributed by atoms with Gasteiger partial charge in [0.25, 0.3) is 5.91 Å². The fourth-order valence-electron chi connectivity index (χ4n) is 2.85. The lowest BCUT2D eigenvalue weighted by molar-refractivity contribution is 0.0425. The molecule has 1 aliphatic heterocycles. The van der Waals surface area contributed by atoms with E-state index < -0.39 is 0 Å². The fraction of sp³-hybridized carbons (Fsp3) is 0.588. The van der Waals surface area contributed by atoms with Crippen LogP contribution in [0.5, 0.6) is 0 Å². The highest BCUT2D eigenvalue weighted by molar-refractivity contribution is 5.95. The van der Waals surface area contributed by atoms with Gasteiger partial charge in [-0.25, -0.2) is 0 Å². The molecule has 4 nitrogen and oxygen atoms in total. The zero-order valence-corrected chi connectivity index (χ0v) is 13.4. The number of carbonyl (C=O) groups is 1. The second-order valence-corrected chi connectivity index (χ2v) is 6.31. The van der Waals surface area contributed by atoms with Gasteiger partial charge in [-0.2, -0.15) is 0 Å². The van der Waals surface area contributed by atoms with Crippen LogP contribution >= 0.6 is 0 Å². The number of benzene rings is 1. The Kier molecular flexibility index (Phi) is 5.01. The Balaban J connectivity index is 2.04. The van der Waals surface area contributed by atoms with Crippen LogP contribution in [0, 0.1) is 0 Å². The van der Waals surface area contributed by atoms with E-state index >= 15 is 0 Å². The van der Waals surface area contributed by atoms with Gasteiger partial charge in [0, 0.05) is 43.8 Å². The first-order chi connectivity index (χ1) is 9.99. The van der Waals surface area contributed by atoms with E-state index in [0.717, 1.165) is 43.7 Å². The van der Waals surface area contributed by atoms with Crippen LogP contribution in [0.1, 0.15) is 36.7 Å². The maximum atomic E-state index is 12.7. The summed E-state index contributed by atoms with van der Waals surface area (Å²) in [5.41, 5.74) is 7.83. The van der Waals surface area contributed by atoms with Crippen LogP contribution in [-0.4, -0.2) is 54.0 Å². The van der Waals surface area contributed by atoms with Crippen molar-refractivity contribution in [1.29, 1.82) is 0 Å². The molecule has 1 heterocycles. The Bertz CT molecular complexity index is 491. The zero-order valence-electron chi connectivity index (χ0n) is 13.4. The van der Waals surface area contributed by atoms with E-state index in [2.05, 4.69) is 25.7 Å². The fourth-order valence-corrected chi connectivity index (χ4v) is 2.85. The third kappa shape index (κ3) is 3.44. The minimum absolute atomic E-state index is 0.0104. The molecule has 4 heteroatoms. The van der Waals surface area contributed by atoms with E-state index in [1.54, 1.807) is 0 Å². The lowest BCUT2D eigenvalue weighted by Crippen LogP contribution is -2.58. The van der Waals surface area contributed by atoms with Gasteiger partial charge in [0.1, 0.15) is 0 Å². The van der Waals surface area contributed by atoms with E-state index in [4.69, 9.17) is 5.73 Å². The van der Waals surface area contributed by atoms with Crippen molar-refractivity contribution >= 4 is 5.91 Å². The molecule has 0 spiro atoms. The monoisotopic (exact) mass is 289 g/mol. The highest BCUT2D eigenvalue weighted by Gasteiger charge is 2.30. The van der Waals surface area contributed by atoms with Gasteiger partial charge in [-0.05, 0) is 31.9 Å². The van der Waals surface area contributed by atoms with Crippen LogP contribution in [0.3, 0.4) is 0 Å². The minimum atomic E-state index is 0.0104. The summed E-state index contributed by atoms with van der Waals surface area (Å²) in [6, 6.07) is 7.93. The van der Waals surface area contributed by atoms with Gasteiger partial charge >= 0.3 is 0 Å². The molecule has 1 aliphatic rings. The van der Waals surface area contributed by atoms with Crippen molar-refractivity contribution in [2.75, 3.05) is 32.7 Å². The van der Waals surface area contributed by atoms with E-state index in [1.807, 2.05) is 29.2 Å². The predicted molar refractivity (Wildman–Crippen MR) is 86.4 cm³/mol. The van der Waals surface area contributed by atoms with Crippen molar-refractivity contribution in [3.63, 3.8) is 0 Å². The van der Waals surface area contributed by atoms with Gasteiger partial charge in [-0.1, -0.05) is 25.1 Å². The molecule has 0 unspecified atom stereocenters. The molecule has 1 amide bonds. The third-order valence-electron chi connectivity index (χ3n) is 4.55. The summed E-state index contributed by atoms with van der Waals surface area (Å²) >= 11 is 0. The van der Waals surface area contributed by atoms with Crippen molar-refractivity contribution in [3.05, 3.63) is 35.4 Å². The number of aryl methyl sites for hydroxylation is 1. The number of carbonyl (C=O) groups excluding carboxylic acids is 1. The van der Waals surface area contributed by atoms with Gasteiger partial charge < -0.3 is 10.6 Å². The molecule has 21 heavy (non-hydrogen) atoms. The van der Waals surface area contributed by atoms with Crippen molar-refractivity contribution in [2.45, 2.75) is 32.7 Å². The van der Waals surface area contributed by atoms with Crippen LogP contribution in [0.25, 0.3) is 0 Å². The summed E-state index contributed by atoms with van der Waals surface area (Å²) in [7, 11) is 0. The smallest absolute Gasteiger partial charge is 0.254 e. The number of hydrogen-bond donors (Lipinski definition) is 1.